The number of carbonyl (C=O) groups is 4. The number of terminal acetylenes is 1. The third kappa shape index (κ3) is 20.6. The number of benzene rings is 3. The number of pyridine rings is 1. The second kappa shape index (κ2) is 32.7. The Morgan fingerprint density at radius 3 is 0.978 bits per heavy atom. The summed E-state index contributed by atoms with van der Waals surface area (Å²) in [5, 5.41) is 10.6. The van der Waals surface area contributed by atoms with Crippen molar-refractivity contribution in [1.82, 2.24) is 84.7 Å². The van der Waals surface area contributed by atoms with E-state index in [9.17, 15) is 19.2 Å². The number of carbonyl (C=O) groups excluding carboxylic acids is 4. The summed E-state index contributed by atoms with van der Waals surface area (Å²) >= 11 is 0. The van der Waals surface area contributed by atoms with Gasteiger partial charge in [0, 0.05) is 27.9 Å². The van der Waals surface area contributed by atoms with Crippen LogP contribution >= 0.6 is 0 Å². The fourth-order valence-electron chi connectivity index (χ4n) is 7.40. The van der Waals surface area contributed by atoms with E-state index < -0.39 is 0 Å². The minimum absolute atomic E-state index is 0.208. The number of hydrogen-bond acceptors (Lipinski definition) is 25. The number of amides is 4. The number of aryl methyl sites for hydroxylation is 3. The van der Waals surface area contributed by atoms with Crippen LogP contribution in [0.5, 0.6) is 46.5 Å². The maximum Gasteiger partial charge on any atom is 0.275 e. The Morgan fingerprint density at radius 2 is 0.656 bits per heavy atom. The van der Waals surface area contributed by atoms with Gasteiger partial charge in [-0.05, 0) is 75.4 Å². The number of nitrogens with one attached hydrogen (secondary N) is 4. The van der Waals surface area contributed by atoms with E-state index in [-0.39, 0.29) is 58.8 Å². The van der Waals surface area contributed by atoms with Crippen LogP contribution in [0.2, 0.25) is 0 Å². The lowest BCUT2D eigenvalue weighted by Crippen LogP contribution is -2.15. The lowest BCUT2D eigenvalue weighted by Gasteiger charge is -2.07. The molecule has 29 heteroatoms. The summed E-state index contributed by atoms with van der Waals surface area (Å²) in [6.45, 7) is 5.66. The van der Waals surface area contributed by atoms with Gasteiger partial charge < -0.3 is 40.2 Å². The summed E-state index contributed by atoms with van der Waals surface area (Å²) in [5.74, 6) is 4.95. The number of anilines is 4. The molecule has 0 fully saturated rings. The topological polar surface area (TPSA) is 372 Å². The first-order chi connectivity index (χ1) is 45.4. The average Bonchev–Trinajstić information content (AvgIpc) is 3.57. The van der Waals surface area contributed by atoms with Gasteiger partial charge in [0.15, 0.2) is 46.3 Å². The molecule has 4 N–H and O–H groups in total. The van der Waals surface area contributed by atoms with Crippen molar-refractivity contribution in [3.8, 4) is 58.9 Å². The Hall–Kier alpha value is -13.9. The molecule has 0 radical (unpaired) electrons. The molecule has 3 aromatic carbocycles. The molecule has 12 rings (SSSR count). The summed E-state index contributed by atoms with van der Waals surface area (Å²) in [6.07, 6.45) is 34.4. The predicted octanol–water partition coefficient (Wildman–Crippen LogP) is 9.55. The van der Waals surface area contributed by atoms with E-state index >= 15 is 0 Å². The first kappa shape index (κ1) is 63.6. The Kier molecular flexibility index (Phi) is 22.4. The zero-order chi connectivity index (χ0) is 65.0. The smallest absolute Gasteiger partial charge is 0.275 e. The van der Waals surface area contributed by atoms with Crippen LogP contribution < -0.4 is 40.2 Å². The van der Waals surface area contributed by atoms with Crippen molar-refractivity contribution in [2.75, 3.05) is 21.3 Å². The first-order valence-electron chi connectivity index (χ1n) is 27.2. The van der Waals surface area contributed by atoms with Crippen LogP contribution in [0, 0.1) is 33.1 Å². The molecule has 0 saturated carbocycles. The first-order valence-corrected chi connectivity index (χ1v) is 27.2. The highest BCUT2D eigenvalue weighted by atomic mass is 16.5. The fraction of sp³-hybridized carbons (Fsp3) is 0.0469. The molecule has 0 aliphatic heterocycles. The van der Waals surface area contributed by atoms with E-state index in [1.165, 1.54) is 124 Å². The third-order valence-corrected chi connectivity index (χ3v) is 11.4. The second-order valence-electron chi connectivity index (χ2n) is 18.6. The number of rotatable bonds is 16. The zero-order valence-electron chi connectivity index (χ0n) is 49.2. The molecule has 4 amide bonds. The molecular formula is C64H49N21O8. The van der Waals surface area contributed by atoms with Gasteiger partial charge in [-0.15, -0.1) is 6.42 Å². The third-order valence-electron chi connectivity index (χ3n) is 11.4. The normalized spacial score (nSPS) is 10.0. The summed E-state index contributed by atoms with van der Waals surface area (Å²) in [5.41, 5.74) is 5.21. The van der Waals surface area contributed by atoms with Gasteiger partial charge in [-0.25, -0.2) is 44.9 Å². The number of aromatic nitrogens is 17. The van der Waals surface area contributed by atoms with Crippen LogP contribution in [0.4, 0.5) is 23.3 Å². The highest BCUT2D eigenvalue weighted by molar-refractivity contribution is 6.05. The summed E-state index contributed by atoms with van der Waals surface area (Å²) in [7, 11) is 0. The van der Waals surface area contributed by atoms with Crippen LogP contribution in [-0.2, 0) is 0 Å². The summed E-state index contributed by atoms with van der Waals surface area (Å²) < 4.78 is 21.9. The van der Waals surface area contributed by atoms with Gasteiger partial charge in [-0.2, -0.15) is 19.9 Å². The quantitative estimate of drug-likeness (QED) is 0.0654. The minimum atomic E-state index is -0.372. The lowest BCUT2D eigenvalue weighted by molar-refractivity contribution is 0.101. The predicted molar refractivity (Wildman–Crippen MR) is 334 cm³/mol. The van der Waals surface area contributed by atoms with Gasteiger partial charge in [0.1, 0.15) is 31.0 Å². The molecule has 458 valence electrons. The van der Waals surface area contributed by atoms with Crippen molar-refractivity contribution in [2.45, 2.75) is 20.8 Å². The van der Waals surface area contributed by atoms with Crippen LogP contribution in [0.3, 0.4) is 0 Å². The fourth-order valence-corrected chi connectivity index (χ4v) is 7.40. The number of nitrogens with zero attached hydrogens (tertiary/aromatic N) is 17. The lowest BCUT2D eigenvalue weighted by atomic mass is 10.1. The molecule has 0 unspecified atom stereocenters. The molecule has 0 spiro atoms. The molecule has 93 heavy (non-hydrogen) atoms. The van der Waals surface area contributed by atoms with E-state index in [4.69, 9.17) is 25.4 Å². The van der Waals surface area contributed by atoms with Gasteiger partial charge >= 0.3 is 0 Å². The molecule has 9 heterocycles. The van der Waals surface area contributed by atoms with E-state index in [1.54, 1.807) is 60.7 Å². The van der Waals surface area contributed by atoms with Crippen molar-refractivity contribution < 1.29 is 38.1 Å². The average molecular weight is 1240 g/mol. The van der Waals surface area contributed by atoms with Gasteiger partial charge in [0.05, 0.1) is 99.1 Å². The standard InChI is InChI=1S/C17H11N5O2.2C16H13N5O2.C15H12N6O2/c1-2-12-4-3-5-13(6-12)17(23)22-15-9-18-10-16(21-15)24-14-7-19-11-20-8-14;2*1-11-3-2-4-12(5-11)16(22)21-14-8-17-9-15(20-14)23-13-6-18-10-19-7-13;1-10-3-2-4-12(19-10)15(22)21-13-7-16-8-14(20-13)23-11-5-17-9-18-6-11/h1,3-11H,(H,21,22,23);2*2-10H,1H3,(H,20,21,22);2-9H,1H3,(H,20,21,22). The summed E-state index contributed by atoms with van der Waals surface area (Å²) in [6, 6.07) is 26.5. The molecular weight excluding hydrogens is 1190 g/mol. The minimum Gasteiger partial charge on any atom is -0.434 e. The van der Waals surface area contributed by atoms with Crippen LogP contribution in [0.15, 0.2) is 215 Å². The van der Waals surface area contributed by atoms with Crippen molar-refractivity contribution in [3.63, 3.8) is 0 Å². The van der Waals surface area contributed by atoms with Gasteiger partial charge in [0.2, 0.25) is 23.5 Å². The molecule has 29 nitrogen and oxygen atoms in total. The molecule has 0 saturated heterocycles. The Morgan fingerprint density at radius 1 is 0.344 bits per heavy atom. The Bertz CT molecular complexity index is 4190. The SMILES string of the molecule is C#Cc1cccc(C(=O)Nc2cncc(Oc3cncnc3)n2)c1.Cc1cccc(C(=O)Nc2cncc(Oc3cncnc3)n2)c1.Cc1cccc(C(=O)Nc2cncc(Oc3cncnc3)n2)c1.Cc1cccc(C(=O)Nc2cncc(Oc3cncnc3)n2)n1. The van der Waals surface area contributed by atoms with Crippen molar-refractivity contribution in [1.29, 1.82) is 0 Å². The summed E-state index contributed by atoms with van der Waals surface area (Å²) in [4.78, 5) is 116. The van der Waals surface area contributed by atoms with Crippen LogP contribution in [-0.4, -0.2) is 108 Å². The van der Waals surface area contributed by atoms with Gasteiger partial charge in [-0.3, -0.25) is 39.1 Å². The monoisotopic (exact) mass is 1240 g/mol. The molecule has 9 aromatic heterocycles. The molecule has 12 aromatic rings. The molecule has 0 aliphatic carbocycles. The maximum atomic E-state index is 12.2. The largest absolute Gasteiger partial charge is 0.434 e. The Labute approximate surface area is 528 Å². The van der Waals surface area contributed by atoms with Crippen molar-refractivity contribution in [2.24, 2.45) is 0 Å². The van der Waals surface area contributed by atoms with Crippen LogP contribution in [0.25, 0.3) is 0 Å². The van der Waals surface area contributed by atoms with Crippen molar-refractivity contribution in [3.05, 3.63) is 260 Å². The van der Waals surface area contributed by atoms with Crippen molar-refractivity contribution >= 4 is 46.9 Å². The zero-order valence-corrected chi connectivity index (χ0v) is 49.2. The van der Waals surface area contributed by atoms with Crippen LogP contribution in [0.1, 0.15) is 63.9 Å². The second-order valence-corrected chi connectivity index (χ2v) is 18.6. The maximum absolute atomic E-state index is 12.2. The highest BCUT2D eigenvalue weighted by Crippen LogP contribution is 2.22. The number of hydrogen-bond donors (Lipinski definition) is 4. The highest BCUT2D eigenvalue weighted by Gasteiger charge is 2.14. The molecule has 0 aliphatic rings. The number of ether oxygens (including phenoxy) is 4. The molecule has 0 atom stereocenters. The van der Waals surface area contributed by atoms with E-state index in [1.807, 2.05) is 51.1 Å². The van der Waals surface area contributed by atoms with Gasteiger partial charge in [-0.1, -0.05) is 53.4 Å². The molecule has 0 bridgehead atoms. The van der Waals surface area contributed by atoms with E-state index in [0.717, 1.165) is 16.8 Å². The van der Waals surface area contributed by atoms with E-state index in [2.05, 4.69) is 112 Å². The Balaban J connectivity index is 0.000000146. The van der Waals surface area contributed by atoms with Gasteiger partial charge in [0.25, 0.3) is 23.6 Å². The van der Waals surface area contributed by atoms with E-state index in [0.29, 0.717) is 62.6 Å².